The smallest absolute Gasteiger partial charge is 0.261 e. The van der Waals surface area contributed by atoms with Gasteiger partial charge < -0.3 is 15.8 Å². The fraction of sp³-hybridized carbons (Fsp3) is 0.533. The second-order valence-electron chi connectivity index (χ2n) is 5.83. The van der Waals surface area contributed by atoms with Crippen molar-refractivity contribution < 1.29 is 9.53 Å². The van der Waals surface area contributed by atoms with Gasteiger partial charge in [-0.25, -0.2) is 0 Å². The minimum Gasteiger partial charge on any atom is -0.481 e. The van der Waals surface area contributed by atoms with Crippen molar-refractivity contribution in [3.05, 3.63) is 29.8 Å². The van der Waals surface area contributed by atoms with Crippen molar-refractivity contribution in [2.24, 2.45) is 5.73 Å². The Morgan fingerprint density at radius 3 is 2.37 bits per heavy atom. The van der Waals surface area contributed by atoms with Gasteiger partial charge in [-0.2, -0.15) is 0 Å². The van der Waals surface area contributed by atoms with E-state index in [0.717, 1.165) is 5.56 Å². The molecular weight excluding hydrogens is 240 g/mol. The van der Waals surface area contributed by atoms with Crippen LogP contribution in [0.2, 0.25) is 0 Å². The van der Waals surface area contributed by atoms with E-state index in [1.165, 1.54) is 0 Å². The van der Waals surface area contributed by atoms with Gasteiger partial charge in [-0.3, -0.25) is 4.79 Å². The highest BCUT2D eigenvalue weighted by molar-refractivity contribution is 5.81. The van der Waals surface area contributed by atoms with Crippen molar-refractivity contribution in [2.75, 3.05) is 0 Å². The molecule has 4 heteroatoms. The molecule has 0 aliphatic rings. The van der Waals surface area contributed by atoms with E-state index in [1.54, 1.807) is 6.92 Å². The molecule has 1 rings (SSSR count). The van der Waals surface area contributed by atoms with E-state index in [1.807, 2.05) is 52.0 Å². The molecule has 0 saturated carbocycles. The predicted octanol–water partition coefficient (Wildman–Crippen LogP) is 2.39. The molecule has 1 unspecified atom stereocenters. The fourth-order valence-electron chi connectivity index (χ4n) is 1.68. The first-order chi connectivity index (χ1) is 8.70. The highest BCUT2D eigenvalue weighted by Crippen LogP contribution is 2.24. The van der Waals surface area contributed by atoms with Gasteiger partial charge in [0.15, 0.2) is 6.10 Å². The van der Waals surface area contributed by atoms with Crippen LogP contribution < -0.4 is 15.8 Å². The summed E-state index contributed by atoms with van der Waals surface area (Å²) in [5.74, 6) is 0.529. The van der Waals surface area contributed by atoms with Crippen LogP contribution in [0.5, 0.6) is 5.75 Å². The number of ether oxygens (including phenoxy) is 1. The van der Waals surface area contributed by atoms with Gasteiger partial charge >= 0.3 is 0 Å². The van der Waals surface area contributed by atoms with Crippen LogP contribution in [0.4, 0.5) is 0 Å². The molecule has 0 saturated heterocycles. The van der Waals surface area contributed by atoms with E-state index >= 15 is 0 Å². The van der Waals surface area contributed by atoms with Gasteiger partial charge in [-0.1, -0.05) is 18.2 Å². The molecule has 0 aromatic heterocycles. The molecule has 3 N–H and O–H groups in total. The van der Waals surface area contributed by atoms with Gasteiger partial charge in [0, 0.05) is 17.1 Å². The molecule has 1 aromatic rings. The predicted molar refractivity (Wildman–Crippen MR) is 77.0 cm³/mol. The standard InChI is InChI=1S/C15H24N2O2/c1-10(16)12-8-6-7-9-13(12)19-11(2)14(18)17-15(3,4)5/h6-11H,16H2,1-5H3,(H,17,18)/t10-,11?/m1/s1. The highest BCUT2D eigenvalue weighted by atomic mass is 16.5. The van der Waals surface area contributed by atoms with E-state index in [-0.39, 0.29) is 17.5 Å². The molecule has 106 valence electrons. The lowest BCUT2D eigenvalue weighted by molar-refractivity contribution is -0.128. The number of amides is 1. The summed E-state index contributed by atoms with van der Waals surface area (Å²) in [6, 6.07) is 7.39. The summed E-state index contributed by atoms with van der Waals surface area (Å²) in [6.45, 7) is 9.44. The van der Waals surface area contributed by atoms with Gasteiger partial charge in [0.05, 0.1) is 0 Å². The van der Waals surface area contributed by atoms with E-state index in [9.17, 15) is 4.79 Å². The number of hydrogen-bond donors (Lipinski definition) is 2. The zero-order chi connectivity index (χ0) is 14.6. The van der Waals surface area contributed by atoms with Gasteiger partial charge in [-0.15, -0.1) is 0 Å². The summed E-state index contributed by atoms with van der Waals surface area (Å²) in [6.07, 6.45) is -0.556. The number of nitrogens with one attached hydrogen (secondary N) is 1. The van der Waals surface area contributed by atoms with Crippen LogP contribution in [0.15, 0.2) is 24.3 Å². The molecule has 0 heterocycles. The Morgan fingerprint density at radius 2 is 1.84 bits per heavy atom. The Bertz CT molecular complexity index is 436. The maximum absolute atomic E-state index is 12.0. The zero-order valence-corrected chi connectivity index (χ0v) is 12.4. The summed E-state index contributed by atoms with van der Waals surface area (Å²) in [4.78, 5) is 12.0. The second kappa shape index (κ2) is 6.06. The summed E-state index contributed by atoms with van der Waals surface area (Å²) < 4.78 is 5.72. The SMILES string of the molecule is CC(Oc1ccccc1[C@@H](C)N)C(=O)NC(C)(C)C. The molecule has 2 atom stereocenters. The zero-order valence-electron chi connectivity index (χ0n) is 12.4. The molecule has 0 fully saturated rings. The molecule has 4 nitrogen and oxygen atoms in total. The molecular formula is C15H24N2O2. The largest absolute Gasteiger partial charge is 0.481 e. The summed E-state index contributed by atoms with van der Waals surface area (Å²) in [5.41, 5.74) is 6.52. The number of carbonyl (C=O) groups is 1. The second-order valence-corrected chi connectivity index (χ2v) is 5.83. The molecule has 0 aliphatic heterocycles. The monoisotopic (exact) mass is 264 g/mol. The van der Waals surface area contributed by atoms with Crippen molar-refractivity contribution >= 4 is 5.91 Å². The Kier molecular flexibility index (Phi) is 4.95. The maximum Gasteiger partial charge on any atom is 0.261 e. The molecule has 0 bridgehead atoms. The Labute approximate surface area is 115 Å². The lowest BCUT2D eigenvalue weighted by atomic mass is 10.1. The first-order valence-electron chi connectivity index (χ1n) is 6.54. The Morgan fingerprint density at radius 1 is 1.26 bits per heavy atom. The van der Waals surface area contributed by atoms with Gasteiger partial charge in [0.1, 0.15) is 5.75 Å². The van der Waals surface area contributed by atoms with Crippen LogP contribution in [-0.2, 0) is 4.79 Å². The summed E-state index contributed by atoms with van der Waals surface area (Å²) >= 11 is 0. The third kappa shape index (κ3) is 4.91. The minimum absolute atomic E-state index is 0.130. The summed E-state index contributed by atoms with van der Waals surface area (Å²) in [5, 5.41) is 2.89. The first-order valence-corrected chi connectivity index (χ1v) is 6.54. The number of nitrogens with two attached hydrogens (primary N) is 1. The van der Waals surface area contributed by atoms with Crippen LogP contribution in [0.25, 0.3) is 0 Å². The molecule has 0 radical (unpaired) electrons. The van der Waals surface area contributed by atoms with Gasteiger partial charge in [-0.05, 0) is 40.7 Å². The average molecular weight is 264 g/mol. The Balaban J connectivity index is 2.77. The summed E-state index contributed by atoms with van der Waals surface area (Å²) in [7, 11) is 0. The van der Waals surface area contributed by atoms with Crippen molar-refractivity contribution in [3.8, 4) is 5.75 Å². The Hall–Kier alpha value is -1.55. The third-order valence-corrected chi connectivity index (χ3v) is 2.58. The van der Waals surface area contributed by atoms with Crippen molar-refractivity contribution in [1.82, 2.24) is 5.32 Å². The van der Waals surface area contributed by atoms with E-state index in [2.05, 4.69) is 5.32 Å². The van der Waals surface area contributed by atoms with Crippen LogP contribution in [0.3, 0.4) is 0 Å². The fourth-order valence-corrected chi connectivity index (χ4v) is 1.68. The molecule has 0 aliphatic carbocycles. The van der Waals surface area contributed by atoms with E-state index in [4.69, 9.17) is 10.5 Å². The number of hydrogen-bond acceptors (Lipinski definition) is 3. The van der Waals surface area contributed by atoms with Crippen LogP contribution in [-0.4, -0.2) is 17.6 Å². The maximum atomic E-state index is 12.0. The number of carbonyl (C=O) groups excluding carboxylic acids is 1. The third-order valence-electron chi connectivity index (χ3n) is 2.58. The quantitative estimate of drug-likeness (QED) is 0.877. The normalized spacial score (nSPS) is 14.6. The topological polar surface area (TPSA) is 64.3 Å². The lowest BCUT2D eigenvalue weighted by Gasteiger charge is -2.24. The molecule has 19 heavy (non-hydrogen) atoms. The van der Waals surface area contributed by atoms with Crippen LogP contribution in [0.1, 0.15) is 46.2 Å². The van der Waals surface area contributed by atoms with Crippen LogP contribution >= 0.6 is 0 Å². The number of rotatable bonds is 4. The minimum atomic E-state index is -0.556. The molecule has 1 aromatic carbocycles. The average Bonchev–Trinajstić information content (AvgIpc) is 2.27. The molecule has 0 spiro atoms. The molecule has 1 amide bonds. The van der Waals surface area contributed by atoms with Crippen molar-refractivity contribution in [3.63, 3.8) is 0 Å². The van der Waals surface area contributed by atoms with Gasteiger partial charge in [0.25, 0.3) is 5.91 Å². The van der Waals surface area contributed by atoms with E-state index < -0.39 is 6.10 Å². The number of benzene rings is 1. The van der Waals surface area contributed by atoms with Crippen molar-refractivity contribution in [2.45, 2.75) is 52.3 Å². The van der Waals surface area contributed by atoms with Crippen LogP contribution in [0, 0.1) is 0 Å². The van der Waals surface area contributed by atoms with Gasteiger partial charge in [0.2, 0.25) is 0 Å². The number of para-hydroxylation sites is 1. The van der Waals surface area contributed by atoms with Crippen molar-refractivity contribution in [1.29, 1.82) is 0 Å². The first kappa shape index (κ1) is 15.5. The highest BCUT2D eigenvalue weighted by Gasteiger charge is 2.21. The van der Waals surface area contributed by atoms with E-state index in [0.29, 0.717) is 5.75 Å². The lowest BCUT2D eigenvalue weighted by Crippen LogP contribution is -2.46.